The van der Waals surface area contributed by atoms with Crippen LogP contribution in [0.1, 0.15) is 26.7 Å². The van der Waals surface area contributed by atoms with Crippen LogP contribution < -0.4 is 5.32 Å². The van der Waals surface area contributed by atoms with Gasteiger partial charge < -0.3 is 19.9 Å². The van der Waals surface area contributed by atoms with Gasteiger partial charge in [-0.3, -0.25) is 0 Å². The Kier molecular flexibility index (Phi) is 11.2. The second-order valence-corrected chi connectivity index (χ2v) is 4.44. The molecule has 0 aromatic heterocycles. The molecule has 0 aliphatic heterocycles. The molecular weight excluding hydrogens is 206 g/mol. The van der Waals surface area contributed by atoms with Crippen LogP contribution in [0.15, 0.2) is 0 Å². The van der Waals surface area contributed by atoms with Crippen molar-refractivity contribution < 1.29 is 14.6 Å². The van der Waals surface area contributed by atoms with E-state index in [2.05, 4.69) is 19.2 Å². The molecule has 16 heavy (non-hydrogen) atoms. The van der Waals surface area contributed by atoms with Gasteiger partial charge in [0.05, 0.1) is 19.3 Å². The fraction of sp³-hybridized carbons (Fsp3) is 1.00. The number of nitrogens with one attached hydrogen (secondary N) is 1. The minimum Gasteiger partial charge on any atom is -0.391 e. The molecule has 0 bridgehead atoms. The molecule has 0 amide bonds. The molecule has 0 radical (unpaired) electrons. The zero-order valence-electron chi connectivity index (χ0n) is 10.9. The Morgan fingerprint density at radius 2 is 1.88 bits per heavy atom. The van der Waals surface area contributed by atoms with Gasteiger partial charge in [0.1, 0.15) is 0 Å². The summed E-state index contributed by atoms with van der Waals surface area (Å²) in [4.78, 5) is 0. The van der Waals surface area contributed by atoms with E-state index in [0.29, 0.717) is 12.5 Å². The molecule has 2 N–H and O–H groups in total. The number of hydrogen-bond acceptors (Lipinski definition) is 4. The third-order valence-corrected chi connectivity index (χ3v) is 2.28. The van der Waals surface area contributed by atoms with E-state index in [1.165, 1.54) is 0 Å². The van der Waals surface area contributed by atoms with Crippen LogP contribution in [0.3, 0.4) is 0 Å². The van der Waals surface area contributed by atoms with Gasteiger partial charge in [0.25, 0.3) is 0 Å². The second kappa shape index (κ2) is 11.3. The van der Waals surface area contributed by atoms with E-state index >= 15 is 0 Å². The molecule has 0 aliphatic carbocycles. The molecule has 0 heterocycles. The molecule has 0 saturated carbocycles. The Bertz CT molecular complexity index is 142. The van der Waals surface area contributed by atoms with Crippen molar-refractivity contribution in [2.24, 2.45) is 5.92 Å². The first-order valence-electron chi connectivity index (χ1n) is 6.12. The van der Waals surface area contributed by atoms with E-state index < -0.39 is 0 Å². The van der Waals surface area contributed by atoms with Gasteiger partial charge in [-0.2, -0.15) is 0 Å². The van der Waals surface area contributed by atoms with Crippen molar-refractivity contribution in [3.8, 4) is 0 Å². The van der Waals surface area contributed by atoms with Gasteiger partial charge in [0.15, 0.2) is 0 Å². The maximum atomic E-state index is 9.35. The highest BCUT2D eigenvalue weighted by molar-refractivity contribution is 4.56. The van der Waals surface area contributed by atoms with Crippen molar-refractivity contribution >= 4 is 0 Å². The third-order valence-electron chi connectivity index (χ3n) is 2.28. The molecule has 0 aliphatic rings. The van der Waals surface area contributed by atoms with E-state index in [1.54, 1.807) is 7.11 Å². The van der Waals surface area contributed by atoms with Gasteiger partial charge in [-0.25, -0.2) is 0 Å². The van der Waals surface area contributed by atoms with E-state index in [4.69, 9.17) is 9.47 Å². The Morgan fingerprint density at radius 1 is 1.12 bits per heavy atom. The van der Waals surface area contributed by atoms with Crippen LogP contribution in [0.2, 0.25) is 0 Å². The minimum atomic E-state index is -0.362. The SMILES string of the molecule is COCC(O)CCNCCOCCC(C)C. The zero-order valence-corrected chi connectivity index (χ0v) is 10.9. The van der Waals surface area contributed by atoms with Gasteiger partial charge in [-0.05, 0) is 25.3 Å². The predicted molar refractivity (Wildman–Crippen MR) is 65.6 cm³/mol. The average Bonchev–Trinajstić information content (AvgIpc) is 2.22. The number of rotatable bonds is 11. The Labute approximate surface area is 99.3 Å². The zero-order chi connectivity index (χ0) is 12.2. The maximum absolute atomic E-state index is 9.35. The van der Waals surface area contributed by atoms with Crippen LogP contribution in [0, 0.1) is 5.92 Å². The number of hydrogen-bond donors (Lipinski definition) is 2. The summed E-state index contributed by atoms with van der Waals surface area (Å²) in [5.74, 6) is 0.706. The van der Waals surface area contributed by atoms with E-state index in [0.717, 1.165) is 39.1 Å². The van der Waals surface area contributed by atoms with Crippen molar-refractivity contribution in [3.63, 3.8) is 0 Å². The number of methoxy groups -OCH3 is 1. The lowest BCUT2D eigenvalue weighted by atomic mass is 10.1. The quantitative estimate of drug-likeness (QED) is 0.524. The lowest BCUT2D eigenvalue weighted by molar-refractivity contribution is 0.0587. The lowest BCUT2D eigenvalue weighted by Crippen LogP contribution is -2.26. The molecule has 0 aromatic carbocycles. The van der Waals surface area contributed by atoms with Crippen LogP contribution >= 0.6 is 0 Å². The van der Waals surface area contributed by atoms with Crippen LogP contribution in [0.4, 0.5) is 0 Å². The molecule has 98 valence electrons. The molecule has 0 aromatic rings. The summed E-state index contributed by atoms with van der Waals surface area (Å²) in [6.45, 7) is 8.03. The first-order valence-corrected chi connectivity index (χ1v) is 6.12. The Balaban J connectivity index is 3.04. The number of ether oxygens (including phenoxy) is 2. The van der Waals surface area contributed by atoms with Crippen LogP contribution in [-0.2, 0) is 9.47 Å². The number of aliphatic hydroxyl groups excluding tert-OH is 1. The Hall–Kier alpha value is -0.160. The van der Waals surface area contributed by atoms with Crippen molar-refractivity contribution in [1.29, 1.82) is 0 Å². The maximum Gasteiger partial charge on any atom is 0.0785 e. The molecule has 4 nitrogen and oxygen atoms in total. The smallest absolute Gasteiger partial charge is 0.0785 e. The fourth-order valence-electron chi connectivity index (χ4n) is 1.23. The summed E-state index contributed by atoms with van der Waals surface area (Å²) in [6.07, 6.45) is 1.48. The van der Waals surface area contributed by atoms with Gasteiger partial charge >= 0.3 is 0 Å². The van der Waals surface area contributed by atoms with Gasteiger partial charge in [-0.1, -0.05) is 13.8 Å². The molecule has 4 heteroatoms. The highest BCUT2D eigenvalue weighted by Crippen LogP contribution is 1.98. The second-order valence-electron chi connectivity index (χ2n) is 4.44. The Morgan fingerprint density at radius 3 is 2.50 bits per heavy atom. The molecule has 0 saturated heterocycles. The normalized spacial score (nSPS) is 13.3. The third kappa shape index (κ3) is 11.9. The number of aliphatic hydroxyl groups is 1. The molecule has 0 rings (SSSR count). The molecule has 1 atom stereocenters. The van der Waals surface area contributed by atoms with Crippen molar-refractivity contribution in [1.82, 2.24) is 5.32 Å². The summed E-state index contributed by atoms with van der Waals surface area (Å²) in [7, 11) is 1.60. The van der Waals surface area contributed by atoms with Crippen molar-refractivity contribution in [3.05, 3.63) is 0 Å². The van der Waals surface area contributed by atoms with Crippen molar-refractivity contribution in [2.75, 3.05) is 40.0 Å². The summed E-state index contributed by atoms with van der Waals surface area (Å²) in [5.41, 5.74) is 0. The van der Waals surface area contributed by atoms with Gasteiger partial charge in [0.2, 0.25) is 0 Å². The standard InChI is InChI=1S/C12H27NO3/c1-11(2)5-8-16-9-7-13-6-4-12(14)10-15-3/h11-14H,4-10H2,1-3H3. The lowest BCUT2D eigenvalue weighted by Gasteiger charge is -2.10. The van der Waals surface area contributed by atoms with E-state index in [9.17, 15) is 5.11 Å². The summed E-state index contributed by atoms with van der Waals surface area (Å²) < 4.78 is 10.3. The van der Waals surface area contributed by atoms with E-state index in [1.807, 2.05) is 0 Å². The summed E-state index contributed by atoms with van der Waals surface area (Å²) in [6, 6.07) is 0. The largest absolute Gasteiger partial charge is 0.391 e. The van der Waals surface area contributed by atoms with Crippen LogP contribution in [0.25, 0.3) is 0 Å². The minimum absolute atomic E-state index is 0.362. The first kappa shape index (κ1) is 15.8. The molecule has 0 spiro atoms. The van der Waals surface area contributed by atoms with Crippen LogP contribution in [0.5, 0.6) is 0 Å². The fourth-order valence-corrected chi connectivity index (χ4v) is 1.23. The van der Waals surface area contributed by atoms with Crippen LogP contribution in [-0.4, -0.2) is 51.2 Å². The topological polar surface area (TPSA) is 50.7 Å². The summed E-state index contributed by atoms with van der Waals surface area (Å²) >= 11 is 0. The predicted octanol–water partition coefficient (Wildman–Crippen LogP) is 1.04. The average molecular weight is 233 g/mol. The molecule has 0 fully saturated rings. The van der Waals surface area contributed by atoms with E-state index in [-0.39, 0.29) is 6.10 Å². The summed E-state index contributed by atoms with van der Waals surface area (Å²) in [5, 5.41) is 12.6. The first-order chi connectivity index (χ1) is 7.66. The monoisotopic (exact) mass is 233 g/mol. The molecule has 1 unspecified atom stereocenters. The highest BCUT2D eigenvalue weighted by atomic mass is 16.5. The van der Waals surface area contributed by atoms with Gasteiger partial charge in [0, 0.05) is 20.3 Å². The highest BCUT2D eigenvalue weighted by Gasteiger charge is 2.01. The van der Waals surface area contributed by atoms with Gasteiger partial charge in [-0.15, -0.1) is 0 Å². The van der Waals surface area contributed by atoms with Crippen molar-refractivity contribution in [2.45, 2.75) is 32.8 Å². The molecular formula is C12H27NO3.